The fourth-order valence-electron chi connectivity index (χ4n) is 1.30. The molecule has 0 atom stereocenters. The van der Waals surface area contributed by atoms with Crippen LogP contribution in [-0.4, -0.2) is 40.0 Å². The highest BCUT2D eigenvalue weighted by molar-refractivity contribution is 4.71. The molecule has 14 heavy (non-hydrogen) atoms. The van der Waals surface area contributed by atoms with E-state index >= 15 is 0 Å². The number of rotatable bonds is 10. The topological polar surface area (TPSA) is 30.5 Å². The third-order valence-corrected chi connectivity index (χ3v) is 2.39. The molecule has 84 valence electrons. The lowest BCUT2D eigenvalue weighted by molar-refractivity contribution is 0.122. The predicted molar refractivity (Wildman–Crippen MR) is 57.5 cm³/mol. The second-order valence-electron chi connectivity index (χ2n) is 3.97. The molecule has 3 heteroatoms. The molecule has 1 aliphatic rings. The SMILES string of the molecule is COCCCNCCCOCC1CC1. The Morgan fingerprint density at radius 2 is 1.86 bits per heavy atom. The molecule has 1 N–H and O–H groups in total. The fraction of sp³-hybridized carbons (Fsp3) is 1.00. The number of ether oxygens (including phenoxy) is 2. The van der Waals surface area contributed by atoms with Crippen LogP contribution in [0.3, 0.4) is 0 Å². The number of methoxy groups -OCH3 is 1. The Balaban J connectivity index is 1.63. The van der Waals surface area contributed by atoms with Crippen LogP contribution >= 0.6 is 0 Å². The number of nitrogens with one attached hydrogen (secondary N) is 1. The van der Waals surface area contributed by atoms with E-state index in [1.54, 1.807) is 7.11 Å². The van der Waals surface area contributed by atoms with Crippen LogP contribution in [0.5, 0.6) is 0 Å². The maximum absolute atomic E-state index is 5.52. The zero-order valence-electron chi connectivity index (χ0n) is 9.26. The monoisotopic (exact) mass is 201 g/mol. The van der Waals surface area contributed by atoms with Gasteiger partial charge in [-0.2, -0.15) is 0 Å². The predicted octanol–water partition coefficient (Wildman–Crippen LogP) is 1.43. The van der Waals surface area contributed by atoms with Gasteiger partial charge in [0.15, 0.2) is 0 Å². The molecule has 0 bridgehead atoms. The average molecular weight is 201 g/mol. The van der Waals surface area contributed by atoms with Crippen LogP contribution in [0.4, 0.5) is 0 Å². The van der Waals surface area contributed by atoms with Crippen molar-refractivity contribution in [1.82, 2.24) is 5.32 Å². The van der Waals surface area contributed by atoms with Gasteiger partial charge in [-0.25, -0.2) is 0 Å². The van der Waals surface area contributed by atoms with Crippen LogP contribution in [0, 0.1) is 5.92 Å². The summed E-state index contributed by atoms with van der Waals surface area (Å²) in [5.74, 6) is 0.893. The van der Waals surface area contributed by atoms with E-state index in [1.807, 2.05) is 0 Å². The van der Waals surface area contributed by atoms with E-state index in [4.69, 9.17) is 9.47 Å². The summed E-state index contributed by atoms with van der Waals surface area (Å²) < 4.78 is 10.5. The summed E-state index contributed by atoms with van der Waals surface area (Å²) in [4.78, 5) is 0. The Labute approximate surface area is 87.2 Å². The van der Waals surface area contributed by atoms with Crippen LogP contribution in [0.15, 0.2) is 0 Å². The molecule has 0 radical (unpaired) electrons. The first-order valence-corrected chi connectivity index (χ1v) is 5.71. The smallest absolute Gasteiger partial charge is 0.0494 e. The van der Waals surface area contributed by atoms with E-state index in [2.05, 4.69) is 5.32 Å². The average Bonchev–Trinajstić information content (AvgIpc) is 2.99. The summed E-state index contributed by atoms with van der Waals surface area (Å²) in [5, 5.41) is 3.36. The van der Waals surface area contributed by atoms with E-state index in [0.29, 0.717) is 0 Å². The number of hydrogen-bond donors (Lipinski definition) is 1. The lowest BCUT2D eigenvalue weighted by atomic mass is 10.4. The van der Waals surface area contributed by atoms with Crippen molar-refractivity contribution in [2.24, 2.45) is 5.92 Å². The van der Waals surface area contributed by atoms with Gasteiger partial charge in [-0.05, 0) is 44.7 Å². The zero-order chi connectivity index (χ0) is 10.1. The highest BCUT2D eigenvalue weighted by Gasteiger charge is 2.20. The standard InChI is InChI=1S/C11H23NO2/c1-13-8-2-6-12-7-3-9-14-10-11-4-5-11/h11-12H,2-10H2,1H3. The van der Waals surface area contributed by atoms with Gasteiger partial charge in [0.05, 0.1) is 0 Å². The minimum atomic E-state index is 0.852. The molecule has 1 saturated carbocycles. The molecule has 0 aromatic heterocycles. The van der Waals surface area contributed by atoms with Crippen LogP contribution in [0.25, 0.3) is 0 Å². The van der Waals surface area contributed by atoms with E-state index in [-0.39, 0.29) is 0 Å². The summed E-state index contributed by atoms with van der Waals surface area (Å²) in [6.45, 7) is 4.87. The highest BCUT2D eigenvalue weighted by atomic mass is 16.5. The van der Waals surface area contributed by atoms with Crippen LogP contribution in [0.1, 0.15) is 25.7 Å². The van der Waals surface area contributed by atoms with Gasteiger partial charge in [0, 0.05) is 26.9 Å². The minimum Gasteiger partial charge on any atom is -0.385 e. The molecule has 0 aromatic carbocycles. The van der Waals surface area contributed by atoms with Gasteiger partial charge in [-0.1, -0.05) is 0 Å². The molecule has 0 aliphatic heterocycles. The minimum absolute atomic E-state index is 0.852. The van der Waals surface area contributed by atoms with Crippen molar-refractivity contribution in [3.05, 3.63) is 0 Å². The first-order valence-electron chi connectivity index (χ1n) is 5.71. The molecular weight excluding hydrogens is 178 g/mol. The Hall–Kier alpha value is -0.120. The second-order valence-corrected chi connectivity index (χ2v) is 3.97. The molecule has 0 unspecified atom stereocenters. The highest BCUT2D eigenvalue weighted by Crippen LogP contribution is 2.28. The number of hydrogen-bond acceptors (Lipinski definition) is 3. The summed E-state index contributed by atoms with van der Waals surface area (Å²) in [5.41, 5.74) is 0. The molecule has 0 amide bonds. The molecule has 1 rings (SSSR count). The third kappa shape index (κ3) is 7.30. The van der Waals surface area contributed by atoms with Crippen molar-refractivity contribution >= 4 is 0 Å². The summed E-state index contributed by atoms with van der Waals surface area (Å²) in [6.07, 6.45) is 4.99. The molecule has 1 fully saturated rings. The van der Waals surface area contributed by atoms with Gasteiger partial charge in [0.2, 0.25) is 0 Å². The molecule has 0 heterocycles. The Kier molecular flexibility index (Phi) is 7.01. The van der Waals surface area contributed by atoms with E-state index in [9.17, 15) is 0 Å². The lowest BCUT2D eigenvalue weighted by Crippen LogP contribution is -2.19. The van der Waals surface area contributed by atoms with Crippen molar-refractivity contribution in [3.8, 4) is 0 Å². The van der Waals surface area contributed by atoms with Gasteiger partial charge in [-0.15, -0.1) is 0 Å². The molecule has 0 saturated heterocycles. The third-order valence-electron chi connectivity index (χ3n) is 2.39. The maximum Gasteiger partial charge on any atom is 0.0494 e. The normalized spacial score (nSPS) is 16.1. The van der Waals surface area contributed by atoms with Gasteiger partial charge in [-0.3, -0.25) is 0 Å². The molecular formula is C11H23NO2. The van der Waals surface area contributed by atoms with Gasteiger partial charge < -0.3 is 14.8 Å². The van der Waals surface area contributed by atoms with Crippen molar-refractivity contribution in [2.75, 3.05) is 40.0 Å². The van der Waals surface area contributed by atoms with Crippen molar-refractivity contribution in [3.63, 3.8) is 0 Å². The maximum atomic E-state index is 5.52. The van der Waals surface area contributed by atoms with Gasteiger partial charge in [0.25, 0.3) is 0 Å². The van der Waals surface area contributed by atoms with Gasteiger partial charge >= 0.3 is 0 Å². The Morgan fingerprint density at radius 1 is 1.14 bits per heavy atom. The molecule has 0 aromatic rings. The first-order chi connectivity index (χ1) is 6.93. The zero-order valence-corrected chi connectivity index (χ0v) is 9.26. The second kappa shape index (κ2) is 8.21. The summed E-state index contributed by atoms with van der Waals surface area (Å²) in [6, 6.07) is 0. The van der Waals surface area contributed by atoms with Crippen LogP contribution in [0.2, 0.25) is 0 Å². The van der Waals surface area contributed by atoms with E-state index in [1.165, 1.54) is 12.8 Å². The quantitative estimate of drug-likeness (QED) is 0.542. The first kappa shape index (κ1) is 12.0. The molecule has 3 nitrogen and oxygen atoms in total. The molecule has 0 spiro atoms. The summed E-state index contributed by atoms with van der Waals surface area (Å²) >= 11 is 0. The Morgan fingerprint density at radius 3 is 2.50 bits per heavy atom. The fourth-order valence-corrected chi connectivity index (χ4v) is 1.30. The Bertz CT molecular complexity index is 126. The van der Waals surface area contributed by atoms with E-state index < -0.39 is 0 Å². The van der Waals surface area contributed by atoms with Crippen molar-refractivity contribution in [2.45, 2.75) is 25.7 Å². The van der Waals surface area contributed by atoms with Gasteiger partial charge in [0.1, 0.15) is 0 Å². The van der Waals surface area contributed by atoms with E-state index in [0.717, 1.165) is 51.7 Å². The van der Waals surface area contributed by atoms with Crippen molar-refractivity contribution in [1.29, 1.82) is 0 Å². The van der Waals surface area contributed by atoms with Crippen molar-refractivity contribution < 1.29 is 9.47 Å². The summed E-state index contributed by atoms with van der Waals surface area (Å²) in [7, 11) is 1.74. The van der Waals surface area contributed by atoms with Crippen LogP contribution < -0.4 is 5.32 Å². The molecule has 1 aliphatic carbocycles. The lowest BCUT2D eigenvalue weighted by Gasteiger charge is -2.05. The largest absolute Gasteiger partial charge is 0.385 e. The van der Waals surface area contributed by atoms with Crippen LogP contribution in [-0.2, 0) is 9.47 Å².